The van der Waals surface area contributed by atoms with Crippen LogP contribution in [0.25, 0.3) is 0 Å². The van der Waals surface area contributed by atoms with Crippen LogP contribution in [0.15, 0.2) is 24.3 Å². The first kappa shape index (κ1) is 12.4. The molecule has 1 atom stereocenters. The van der Waals surface area contributed by atoms with Crippen LogP contribution < -0.4 is 9.46 Å². The molecule has 1 heterocycles. The summed E-state index contributed by atoms with van der Waals surface area (Å²) in [5.41, 5.74) is 0.919. The van der Waals surface area contributed by atoms with Crippen LogP contribution in [-0.2, 0) is 10.0 Å². The molecule has 1 aliphatic heterocycles. The maximum atomic E-state index is 11.9. The molecule has 5 heteroatoms. The molecule has 0 saturated carbocycles. The predicted molar refractivity (Wildman–Crippen MR) is 66.5 cm³/mol. The minimum Gasteiger partial charge on any atom is -0.493 e. The van der Waals surface area contributed by atoms with E-state index >= 15 is 0 Å². The maximum Gasteiger partial charge on any atom is 0.214 e. The molecule has 0 aromatic heterocycles. The monoisotopic (exact) mass is 255 g/mol. The van der Waals surface area contributed by atoms with Crippen molar-refractivity contribution in [2.24, 2.45) is 0 Å². The summed E-state index contributed by atoms with van der Waals surface area (Å²) in [7, 11) is -3.25. The van der Waals surface area contributed by atoms with E-state index < -0.39 is 15.3 Å². The molecule has 1 unspecified atom stereocenters. The number of rotatable bonds is 3. The topological polar surface area (TPSA) is 55.4 Å². The summed E-state index contributed by atoms with van der Waals surface area (Å²) in [4.78, 5) is 0. The average molecular weight is 255 g/mol. The van der Waals surface area contributed by atoms with Gasteiger partial charge in [-0.25, -0.2) is 13.1 Å². The van der Waals surface area contributed by atoms with E-state index in [1.807, 2.05) is 24.3 Å². The number of ether oxygens (including phenoxy) is 1. The lowest BCUT2D eigenvalue weighted by atomic mass is 10.0. The van der Waals surface area contributed by atoms with Crippen molar-refractivity contribution in [3.05, 3.63) is 29.8 Å². The molecule has 0 fully saturated rings. The Morgan fingerprint density at radius 2 is 2.06 bits per heavy atom. The molecule has 0 bridgehead atoms. The van der Waals surface area contributed by atoms with Gasteiger partial charge in [0.15, 0.2) is 0 Å². The van der Waals surface area contributed by atoms with Crippen molar-refractivity contribution in [1.82, 2.24) is 4.72 Å². The molecule has 2 rings (SSSR count). The fourth-order valence-electron chi connectivity index (χ4n) is 1.80. The van der Waals surface area contributed by atoms with E-state index in [1.54, 1.807) is 13.8 Å². The van der Waals surface area contributed by atoms with Crippen LogP contribution in [0.2, 0.25) is 0 Å². The maximum absolute atomic E-state index is 11.9. The average Bonchev–Trinajstić information content (AvgIpc) is 2.29. The van der Waals surface area contributed by atoms with Gasteiger partial charge < -0.3 is 4.74 Å². The minimum absolute atomic E-state index is 0.174. The zero-order valence-corrected chi connectivity index (χ0v) is 10.8. The third-order valence-corrected chi connectivity index (χ3v) is 4.74. The molecule has 1 aliphatic rings. The zero-order valence-electron chi connectivity index (χ0n) is 10.0. The Morgan fingerprint density at radius 1 is 1.35 bits per heavy atom. The van der Waals surface area contributed by atoms with Gasteiger partial charge in [-0.05, 0) is 19.9 Å². The third kappa shape index (κ3) is 2.61. The van der Waals surface area contributed by atoms with Gasteiger partial charge in [-0.1, -0.05) is 18.2 Å². The summed E-state index contributed by atoms with van der Waals surface area (Å²) in [6, 6.07) is 7.38. The fourth-order valence-corrected chi connectivity index (χ4v) is 2.71. The Morgan fingerprint density at radius 3 is 2.76 bits per heavy atom. The Bertz CT molecular complexity index is 496. The molecule has 0 spiro atoms. The van der Waals surface area contributed by atoms with Crippen molar-refractivity contribution >= 4 is 10.0 Å². The van der Waals surface area contributed by atoms with E-state index in [0.29, 0.717) is 13.0 Å². The van der Waals surface area contributed by atoms with Crippen molar-refractivity contribution in [1.29, 1.82) is 0 Å². The number of hydrogen-bond donors (Lipinski definition) is 1. The number of sulfonamides is 1. The van der Waals surface area contributed by atoms with Crippen molar-refractivity contribution in [2.75, 3.05) is 6.61 Å². The van der Waals surface area contributed by atoms with Crippen molar-refractivity contribution in [3.8, 4) is 5.75 Å². The van der Waals surface area contributed by atoms with Gasteiger partial charge in [0, 0.05) is 12.0 Å². The van der Waals surface area contributed by atoms with Crippen molar-refractivity contribution in [3.63, 3.8) is 0 Å². The van der Waals surface area contributed by atoms with Crippen LogP contribution in [0.3, 0.4) is 0 Å². The van der Waals surface area contributed by atoms with E-state index in [-0.39, 0.29) is 6.04 Å². The van der Waals surface area contributed by atoms with Gasteiger partial charge in [-0.2, -0.15) is 0 Å². The van der Waals surface area contributed by atoms with Crippen LogP contribution in [0.4, 0.5) is 0 Å². The second-order valence-electron chi connectivity index (χ2n) is 4.44. The van der Waals surface area contributed by atoms with Gasteiger partial charge in [0.05, 0.1) is 17.9 Å². The van der Waals surface area contributed by atoms with Gasteiger partial charge in [0.1, 0.15) is 5.75 Å². The van der Waals surface area contributed by atoms with Gasteiger partial charge in [-0.15, -0.1) is 0 Å². The van der Waals surface area contributed by atoms with Gasteiger partial charge in [0.25, 0.3) is 0 Å². The number of hydrogen-bond acceptors (Lipinski definition) is 3. The first-order chi connectivity index (χ1) is 8.00. The normalized spacial score (nSPS) is 19.8. The highest BCUT2D eigenvalue weighted by Gasteiger charge is 2.26. The fraction of sp³-hybridized carbons (Fsp3) is 0.500. The summed E-state index contributed by atoms with van der Waals surface area (Å²) < 4.78 is 31.9. The lowest BCUT2D eigenvalue weighted by Crippen LogP contribution is -2.36. The quantitative estimate of drug-likeness (QED) is 0.896. The SMILES string of the molecule is CC(C)S(=O)(=O)NC1CCOc2ccccc21. The summed E-state index contributed by atoms with van der Waals surface area (Å²) in [6.45, 7) is 3.89. The second kappa shape index (κ2) is 4.66. The lowest BCUT2D eigenvalue weighted by molar-refractivity contribution is 0.263. The van der Waals surface area contributed by atoms with E-state index in [0.717, 1.165) is 11.3 Å². The molecular weight excluding hydrogens is 238 g/mol. The number of nitrogens with one attached hydrogen (secondary N) is 1. The predicted octanol–water partition coefficient (Wildman–Crippen LogP) is 1.84. The molecule has 0 saturated heterocycles. The molecule has 4 nitrogen and oxygen atoms in total. The first-order valence-corrected chi connectivity index (χ1v) is 7.28. The Balaban J connectivity index is 2.25. The highest BCUT2D eigenvalue weighted by molar-refractivity contribution is 7.90. The van der Waals surface area contributed by atoms with Gasteiger partial charge in [-0.3, -0.25) is 0 Å². The standard InChI is InChI=1S/C12H17NO3S/c1-9(2)17(14,15)13-11-7-8-16-12-6-4-3-5-10(11)12/h3-6,9,11,13H,7-8H2,1-2H3. The highest BCUT2D eigenvalue weighted by Crippen LogP contribution is 2.32. The summed E-state index contributed by atoms with van der Waals surface area (Å²) >= 11 is 0. The van der Waals surface area contributed by atoms with E-state index in [2.05, 4.69) is 4.72 Å². The molecule has 1 aromatic carbocycles. The van der Waals surface area contributed by atoms with E-state index in [1.165, 1.54) is 0 Å². The third-order valence-electron chi connectivity index (χ3n) is 2.89. The van der Waals surface area contributed by atoms with Crippen LogP contribution >= 0.6 is 0 Å². The molecule has 0 radical (unpaired) electrons. The highest BCUT2D eigenvalue weighted by atomic mass is 32.2. The van der Waals surface area contributed by atoms with Crippen LogP contribution in [-0.4, -0.2) is 20.3 Å². The largest absolute Gasteiger partial charge is 0.493 e. The summed E-state index contributed by atoms with van der Waals surface area (Å²) in [6.07, 6.45) is 0.670. The number of benzene rings is 1. The summed E-state index contributed by atoms with van der Waals surface area (Å²) in [5.74, 6) is 0.773. The Hall–Kier alpha value is -1.07. The van der Waals surface area contributed by atoms with Crippen molar-refractivity contribution < 1.29 is 13.2 Å². The lowest BCUT2D eigenvalue weighted by Gasteiger charge is -2.27. The molecular formula is C12H17NO3S. The van der Waals surface area contributed by atoms with Gasteiger partial charge >= 0.3 is 0 Å². The first-order valence-electron chi connectivity index (χ1n) is 5.73. The van der Waals surface area contributed by atoms with Crippen LogP contribution in [0, 0.1) is 0 Å². The molecule has 17 heavy (non-hydrogen) atoms. The summed E-state index contributed by atoms with van der Waals surface area (Å²) in [5, 5.41) is -0.419. The number of para-hydroxylation sites is 1. The molecule has 0 aliphatic carbocycles. The molecule has 1 aromatic rings. The number of fused-ring (bicyclic) bond motifs is 1. The van der Waals surface area contributed by atoms with Crippen LogP contribution in [0.5, 0.6) is 5.75 Å². The van der Waals surface area contributed by atoms with E-state index in [9.17, 15) is 8.42 Å². The van der Waals surface area contributed by atoms with Gasteiger partial charge in [0.2, 0.25) is 10.0 Å². The zero-order chi connectivity index (χ0) is 12.5. The molecule has 0 amide bonds. The smallest absolute Gasteiger partial charge is 0.214 e. The minimum atomic E-state index is -3.25. The Labute approximate surface area is 102 Å². The van der Waals surface area contributed by atoms with Crippen LogP contribution in [0.1, 0.15) is 31.9 Å². The van der Waals surface area contributed by atoms with Crippen molar-refractivity contribution in [2.45, 2.75) is 31.6 Å². The Kier molecular flexibility index (Phi) is 3.40. The second-order valence-corrected chi connectivity index (χ2v) is 6.71. The molecule has 1 N–H and O–H groups in total. The van der Waals surface area contributed by atoms with E-state index in [4.69, 9.17) is 4.74 Å². The molecule has 94 valence electrons.